The van der Waals surface area contributed by atoms with Gasteiger partial charge >= 0.3 is 0 Å². The number of carbonyl (C=O) groups excluding carboxylic acids is 2. The number of nitrogens with one attached hydrogen (secondary N) is 1. The largest absolute Gasteiger partial charge is 0.493 e. The van der Waals surface area contributed by atoms with E-state index in [1.165, 1.54) is 0 Å². The van der Waals surface area contributed by atoms with Gasteiger partial charge in [-0.2, -0.15) is 0 Å². The predicted octanol–water partition coefficient (Wildman–Crippen LogP) is 4.63. The number of hydrogen-bond donors (Lipinski definition) is 1. The van der Waals surface area contributed by atoms with Crippen LogP contribution in [0, 0.1) is 0 Å². The first-order valence-electron chi connectivity index (χ1n) is 11.9. The average Bonchev–Trinajstić information content (AvgIpc) is 2.90. The third-order valence-electron chi connectivity index (χ3n) is 5.89. The molecule has 2 amide bonds. The van der Waals surface area contributed by atoms with Gasteiger partial charge in [0.15, 0.2) is 18.1 Å². The fraction of sp³-hybridized carbons (Fsp3) is 0.310. The van der Waals surface area contributed by atoms with Crippen LogP contribution < -0.4 is 14.8 Å². The van der Waals surface area contributed by atoms with Gasteiger partial charge in [-0.15, -0.1) is 0 Å². The molecule has 2 atom stereocenters. The Balaban J connectivity index is 1.90. The number of para-hydroxylation sites is 2. The SMILES string of the molecule is CC[C@H](C)NC(=O)[C@H](Cc1ccccc1)N(Cc1ccccc1)C(=O)COc1ccccc1OC. The van der Waals surface area contributed by atoms with Crippen molar-refractivity contribution in [1.82, 2.24) is 10.2 Å². The molecule has 1 N–H and O–H groups in total. The predicted molar refractivity (Wildman–Crippen MR) is 137 cm³/mol. The Morgan fingerprint density at radius 1 is 0.857 bits per heavy atom. The van der Waals surface area contributed by atoms with E-state index in [0.717, 1.165) is 17.5 Å². The number of amides is 2. The van der Waals surface area contributed by atoms with Crippen LogP contribution in [-0.4, -0.2) is 42.5 Å². The number of ether oxygens (including phenoxy) is 2. The molecule has 0 saturated heterocycles. The standard InChI is InChI=1S/C29H34N2O4/c1-4-22(2)30-29(33)25(19-23-13-7-5-8-14-23)31(20-24-15-9-6-10-16-24)28(32)21-35-27-18-12-11-17-26(27)34-3/h5-18,22,25H,4,19-21H2,1-3H3,(H,30,33)/t22-,25-/m0/s1. The second-order valence-corrected chi connectivity index (χ2v) is 8.47. The summed E-state index contributed by atoms with van der Waals surface area (Å²) in [4.78, 5) is 28.7. The van der Waals surface area contributed by atoms with Crippen LogP contribution in [0.25, 0.3) is 0 Å². The van der Waals surface area contributed by atoms with Gasteiger partial charge in [0.05, 0.1) is 7.11 Å². The number of benzene rings is 3. The summed E-state index contributed by atoms with van der Waals surface area (Å²) < 4.78 is 11.2. The molecule has 0 spiro atoms. The molecule has 0 saturated carbocycles. The van der Waals surface area contributed by atoms with E-state index in [1.54, 1.807) is 24.1 Å². The zero-order valence-corrected chi connectivity index (χ0v) is 20.6. The second-order valence-electron chi connectivity index (χ2n) is 8.47. The fourth-order valence-electron chi connectivity index (χ4n) is 3.74. The summed E-state index contributed by atoms with van der Waals surface area (Å²) in [5.41, 5.74) is 1.92. The quantitative estimate of drug-likeness (QED) is 0.416. The molecule has 0 aliphatic carbocycles. The molecule has 3 aromatic rings. The Bertz CT molecular complexity index is 1070. The van der Waals surface area contributed by atoms with Gasteiger partial charge in [0.1, 0.15) is 6.04 Å². The van der Waals surface area contributed by atoms with Gasteiger partial charge in [-0.25, -0.2) is 0 Å². The molecule has 6 heteroatoms. The molecule has 6 nitrogen and oxygen atoms in total. The van der Waals surface area contributed by atoms with Crippen LogP contribution in [0.3, 0.4) is 0 Å². The molecule has 0 aliphatic heterocycles. The van der Waals surface area contributed by atoms with E-state index in [2.05, 4.69) is 5.32 Å². The third-order valence-corrected chi connectivity index (χ3v) is 5.89. The molecule has 184 valence electrons. The fourth-order valence-corrected chi connectivity index (χ4v) is 3.74. The minimum absolute atomic E-state index is 0.000666. The first kappa shape index (κ1) is 25.8. The normalized spacial score (nSPS) is 12.3. The van der Waals surface area contributed by atoms with Gasteiger partial charge in [0.25, 0.3) is 5.91 Å². The number of rotatable bonds is 12. The van der Waals surface area contributed by atoms with E-state index >= 15 is 0 Å². The first-order chi connectivity index (χ1) is 17.0. The van der Waals surface area contributed by atoms with E-state index in [0.29, 0.717) is 24.5 Å². The van der Waals surface area contributed by atoms with Gasteiger partial charge in [0, 0.05) is 19.0 Å². The Labute approximate surface area is 207 Å². The monoisotopic (exact) mass is 474 g/mol. The molecule has 0 fully saturated rings. The molecule has 0 unspecified atom stereocenters. The Morgan fingerprint density at radius 3 is 2.03 bits per heavy atom. The summed E-state index contributed by atoms with van der Waals surface area (Å²) in [5, 5.41) is 3.07. The summed E-state index contributed by atoms with van der Waals surface area (Å²) in [7, 11) is 1.56. The van der Waals surface area contributed by atoms with Crippen LogP contribution in [0.4, 0.5) is 0 Å². The van der Waals surface area contributed by atoms with E-state index in [4.69, 9.17) is 9.47 Å². The highest BCUT2D eigenvalue weighted by Gasteiger charge is 2.31. The van der Waals surface area contributed by atoms with E-state index in [9.17, 15) is 9.59 Å². The van der Waals surface area contributed by atoms with Gasteiger partial charge in [-0.05, 0) is 36.6 Å². The second kappa shape index (κ2) is 13.2. The maximum atomic E-state index is 13.6. The van der Waals surface area contributed by atoms with Gasteiger partial charge in [0.2, 0.25) is 5.91 Å². The van der Waals surface area contributed by atoms with Crippen LogP contribution in [0.1, 0.15) is 31.4 Å². The molecular formula is C29H34N2O4. The van der Waals surface area contributed by atoms with E-state index in [1.807, 2.05) is 86.6 Å². The summed E-state index contributed by atoms with van der Waals surface area (Å²) in [6.45, 7) is 4.06. The summed E-state index contributed by atoms with van der Waals surface area (Å²) in [6, 6.07) is 25.9. The molecular weight excluding hydrogens is 440 g/mol. The van der Waals surface area contributed by atoms with Gasteiger partial charge < -0.3 is 19.7 Å². The van der Waals surface area contributed by atoms with Crippen LogP contribution >= 0.6 is 0 Å². The zero-order chi connectivity index (χ0) is 25.0. The van der Waals surface area contributed by atoms with Gasteiger partial charge in [-0.3, -0.25) is 9.59 Å². The molecule has 3 rings (SSSR count). The lowest BCUT2D eigenvalue weighted by Gasteiger charge is -2.32. The Kier molecular flexibility index (Phi) is 9.72. The first-order valence-corrected chi connectivity index (χ1v) is 11.9. The third kappa shape index (κ3) is 7.60. The zero-order valence-electron chi connectivity index (χ0n) is 20.6. The number of nitrogens with zero attached hydrogens (tertiary/aromatic N) is 1. The van der Waals surface area contributed by atoms with E-state index in [-0.39, 0.29) is 24.5 Å². The van der Waals surface area contributed by atoms with E-state index < -0.39 is 6.04 Å². The number of methoxy groups -OCH3 is 1. The molecule has 0 aliphatic rings. The molecule has 0 aromatic heterocycles. The van der Waals surface area contributed by atoms with Gasteiger partial charge in [-0.1, -0.05) is 79.7 Å². The highest BCUT2D eigenvalue weighted by molar-refractivity contribution is 5.88. The Morgan fingerprint density at radius 2 is 1.43 bits per heavy atom. The van der Waals surface area contributed by atoms with Crippen molar-refractivity contribution in [2.45, 2.75) is 45.3 Å². The van der Waals surface area contributed by atoms with Crippen molar-refractivity contribution >= 4 is 11.8 Å². The average molecular weight is 475 g/mol. The van der Waals surface area contributed by atoms with Crippen molar-refractivity contribution in [2.24, 2.45) is 0 Å². The summed E-state index contributed by atoms with van der Waals surface area (Å²) >= 11 is 0. The Hall–Kier alpha value is -3.80. The van der Waals surface area contributed by atoms with Crippen LogP contribution in [0.2, 0.25) is 0 Å². The topological polar surface area (TPSA) is 67.9 Å². The van der Waals surface area contributed by atoms with Crippen LogP contribution in [-0.2, 0) is 22.6 Å². The highest BCUT2D eigenvalue weighted by Crippen LogP contribution is 2.26. The molecule has 3 aromatic carbocycles. The van der Waals surface area contributed by atoms with Crippen LogP contribution in [0.5, 0.6) is 11.5 Å². The summed E-state index contributed by atoms with van der Waals surface area (Å²) in [5.74, 6) is 0.571. The van der Waals surface area contributed by atoms with Crippen LogP contribution in [0.15, 0.2) is 84.9 Å². The molecule has 35 heavy (non-hydrogen) atoms. The maximum absolute atomic E-state index is 13.6. The van der Waals surface area contributed by atoms with Crippen molar-refractivity contribution < 1.29 is 19.1 Å². The van der Waals surface area contributed by atoms with Crippen molar-refractivity contribution in [3.8, 4) is 11.5 Å². The molecule has 0 heterocycles. The minimum atomic E-state index is -0.694. The summed E-state index contributed by atoms with van der Waals surface area (Å²) in [6.07, 6.45) is 1.20. The highest BCUT2D eigenvalue weighted by atomic mass is 16.5. The van der Waals surface area contributed by atoms with Crippen molar-refractivity contribution in [3.05, 3.63) is 96.1 Å². The number of hydrogen-bond acceptors (Lipinski definition) is 4. The van der Waals surface area contributed by atoms with Crippen molar-refractivity contribution in [3.63, 3.8) is 0 Å². The van der Waals surface area contributed by atoms with Crippen molar-refractivity contribution in [1.29, 1.82) is 0 Å². The number of carbonyl (C=O) groups is 2. The lowest BCUT2D eigenvalue weighted by atomic mass is 10.0. The minimum Gasteiger partial charge on any atom is -0.493 e. The lowest BCUT2D eigenvalue weighted by molar-refractivity contribution is -0.143. The molecule has 0 radical (unpaired) electrons. The van der Waals surface area contributed by atoms with Crippen molar-refractivity contribution in [2.75, 3.05) is 13.7 Å². The molecule has 0 bridgehead atoms. The lowest BCUT2D eigenvalue weighted by Crippen LogP contribution is -2.53. The smallest absolute Gasteiger partial charge is 0.261 e. The maximum Gasteiger partial charge on any atom is 0.261 e.